The normalized spacial score (nSPS) is 9.85. The maximum absolute atomic E-state index is 11.2. The first kappa shape index (κ1) is 13.6. The van der Waals surface area contributed by atoms with Gasteiger partial charge in [-0.15, -0.1) is 0 Å². The number of carboxylic acid groups (broad SMARTS) is 1. The van der Waals surface area contributed by atoms with Crippen molar-refractivity contribution in [2.45, 2.75) is 6.92 Å². The van der Waals surface area contributed by atoms with Gasteiger partial charge in [-0.25, -0.2) is 4.79 Å². The highest BCUT2D eigenvalue weighted by molar-refractivity contribution is 6.36. The van der Waals surface area contributed by atoms with Crippen LogP contribution >= 0.6 is 0 Å². The predicted octanol–water partition coefficient (Wildman–Crippen LogP) is 2.76. The second kappa shape index (κ2) is 5.88. The van der Waals surface area contributed by atoms with Crippen LogP contribution in [-0.2, 0) is 9.59 Å². The molecule has 5 nitrogen and oxygen atoms in total. The van der Waals surface area contributed by atoms with Crippen LogP contribution in [0.4, 0.5) is 17.1 Å². The summed E-state index contributed by atoms with van der Waals surface area (Å²) in [5.74, 6) is -2.58. The van der Waals surface area contributed by atoms with Crippen LogP contribution in [0.25, 0.3) is 0 Å². The number of carbonyl (C=O) groups excluding carboxylic acids is 1. The summed E-state index contributed by atoms with van der Waals surface area (Å²) in [6.07, 6.45) is 0. The number of para-hydroxylation sites is 3. The zero-order chi connectivity index (χ0) is 14.5. The Bertz CT molecular complexity index is 653. The van der Waals surface area contributed by atoms with E-state index in [1.165, 1.54) is 0 Å². The van der Waals surface area contributed by atoms with Gasteiger partial charge >= 0.3 is 11.9 Å². The van der Waals surface area contributed by atoms with Gasteiger partial charge in [-0.2, -0.15) is 0 Å². The van der Waals surface area contributed by atoms with E-state index in [4.69, 9.17) is 5.11 Å². The summed E-state index contributed by atoms with van der Waals surface area (Å²) in [7, 11) is 0. The van der Waals surface area contributed by atoms with Crippen molar-refractivity contribution in [3.8, 4) is 0 Å². The molecule has 0 saturated heterocycles. The highest BCUT2D eigenvalue weighted by atomic mass is 16.4. The molecule has 0 heterocycles. The fourth-order valence-electron chi connectivity index (χ4n) is 1.74. The summed E-state index contributed by atoms with van der Waals surface area (Å²) < 4.78 is 0. The fourth-order valence-corrected chi connectivity index (χ4v) is 1.74. The number of amides is 1. The number of nitrogens with one attached hydrogen (secondary N) is 2. The first-order chi connectivity index (χ1) is 9.58. The second-order valence-corrected chi connectivity index (χ2v) is 4.24. The Morgan fingerprint density at radius 2 is 1.45 bits per heavy atom. The van der Waals surface area contributed by atoms with E-state index >= 15 is 0 Å². The molecule has 102 valence electrons. The molecule has 0 aliphatic rings. The number of aliphatic carboxylic acids is 1. The lowest BCUT2D eigenvalue weighted by molar-refractivity contribution is -0.147. The maximum Gasteiger partial charge on any atom is 0.394 e. The van der Waals surface area contributed by atoms with E-state index in [-0.39, 0.29) is 0 Å². The average Bonchev–Trinajstić information content (AvgIpc) is 2.43. The summed E-state index contributed by atoms with van der Waals surface area (Å²) >= 11 is 0. The molecule has 0 atom stereocenters. The van der Waals surface area contributed by atoms with Crippen LogP contribution in [0.5, 0.6) is 0 Å². The molecule has 0 radical (unpaired) electrons. The van der Waals surface area contributed by atoms with Gasteiger partial charge in [0.2, 0.25) is 0 Å². The Morgan fingerprint density at radius 3 is 2.05 bits per heavy atom. The Balaban J connectivity index is 2.27. The monoisotopic (exact) mass is 270 g/mol. The molecule has 3 N–H and O–H groups in total. The van der Waals surface area contributed by atoms with Crippen molar-refractivity contribution in [3.63, 3.8) is 0 Å². The Hall–Kier alpha value is -2.82. The predicted molar refractivity (Wildman–Crippen MR) is 77.2 cm³/mol. The topological polar surface area (TPSA) is 78.4 Å². The molecular formula is C15H14N2O3. The Morgan fingerprint density at radius 1 is 0.900 bits per heavy atom. The van der Waals surface area contributed by atoms with E-state index in [0.717, 1.165) is 11.3 Å². The average molecular weight is 270 g/mol. The Labute approximate surface area is 116 Å². The van der Waals surface area contributed by atoms with Crippen LogP contribution in [0, 0.1) is 6.92 Å². The van der Waals surface area contributed by atoms with Crippen molar-refractivity contribution < 1.29 is 14.7 Å². The molecule has 0 spiro atoms. The van der Waals surface area contributed by atoms with E-state index in [1.807, 2.05) is 31.2 Å². The quantitative estimate of drug-likeness (QED) is 0.749. The van der Waals surface area contributed by atoms with Crippen LogP contribution < -0.4 is 10.6 Å². The van der Waals surface area contributed by atoms with Gasteiger partial charge in [-0.3, -0.25) is 4.79 Å². The zero-order valence-electron chi connectivity index (χ0n) is 10.9. The van der Waals surface area contributed by atoms with E-state index in [0.29, 0.717) is 11.4 Å². The number of anilines is 3. The number of rotatable bonds is 3. The molecule has 0 aliphatic carbocycles. The van der Waals surface area contributed by atoms with Crippen molar-refractivity contribution >= 4 is 28.9 Å². The van der Waals surface area contributed by atoms with Crippen LogP contribution in [-0.4, -0.2) is 17.0 Å². The molecule has 2 rings (SSSR count). The second-order valence-electron chi connectivity index (χ2n) is 4.24. The van der Waals surface area contributed by atoms with Gasteiger partial charge in [0.1, 0.15) is 0 Å². The van der Waals surface area contributed by atoms with Crippen molar-refractivity contribution in [1.82, 2.24) is 0 Å². The highest BCUT2D eigenvalue weighted by Crippen LogP contribution is 2.26. The lowest BCUT2D eigenvalue weighted by Crippen LogP contribution is -2.22. The minimum Gasteiger partial charge on any atom is -0.474 e. The minimum absolute atomic E-state index is 0.420. The largest absolute Gasteiger partial charge is 0.474 e. The van der Waals surface area contributed by atoms with Crippen LogP contribution in [0.1, 0.15) is 5.56 Å². The smallest absolute Gasteiger partial charge is 0.394 e. The minimum atomic E-state index is -1.52. The lowest BCUT2D eigenvalue weighted by Gasteiger charge is -2.13. The third-order valence-electron chi connectivity index (χ3n) is 2.78. The summed E-state index contributed by atoms with van der Waals surface area (Å²) in [5, 5.41) is 14.2. The SMILES string of the molecule is Cc1ccccc1Nc1ccccc1NC(=O)C(=O)O. The van der Waals surface area contributed by atoms with Gasteiger partial charge in [0.05, 0.1) is 11.4 Å². The zero-order valence-corrected chi connectivity index (χ0v) is 10.9. The van der Waals surface area contributed by atoms with Gasteiger partial charge < -0.3 is 15.7 Å². The van der Waals surface area contributed by atoms with E-state index in [1.54, 1.807) is 24.3 Å². The molecule has 0 bridgehead atoms. The van der Waals surface area contributed by atoms with Gasteiger partial charge in [0.15, 0.2) is 0 Å². The molecule has 2 aromatic carbocycles. The van der Waals surface area contributed by atoms with Gasteiger partial charge in [0, 0.05) is 5.69 Å². The summed E-state index contributed by atoms with van der Waals surface area (Å²) in [6, 6.07) is 14.6. The van der Waals surface area contributed by atoms with Crippen molar-refractivity contribution in [3.05, 3.63) is 54.1 Å². The number of carboxylic acids is 1. The molecule has 0 unspecified atom stereocenters. The summed E-state index contributed by atoms with van der Waals surface area (Å²) in [6.45, 7) is 1.96. The van der Waals surface area contributed by atoms with Gasteiger partial charge in [-0.05, 0) is 30.7 Å². The van der Waals surface area contributed by atoms with Crippen LogP contribution in [0.3, 0.4) is 0 Å². The van der Waals surface area contributed by atoms with E-state index in [2.05, 4.69) is 10.6 Å². The number of hydrogen-bond donors (Lipinski definition) is 3. The summed E-state index contributed by atoms with van der Waals surface area (Å²) in [4.78, 5) is 21.8. The van der Waals surface area contributed by atoms with E-state index in [9.17, 15) is 9.59 Å². The number of aryl methyl sites for hydroxylation is 1. The first-order valence-corrected chi connectivity index (χ1v) is 6.04. The van der Waals surface area contributed by atoms with Crippen molar-refractivity contribution in [2.75, 3.05) is 10.6 Å². The van der Waals surface area contributed by atoms with Crippen molar-refractivity contribution in [1.29, 1.82) is 0 Å². The third-order valence-corrected chi connectivity index (χ3v) is 2.78. The van der Waals surface area contributed by atoms with Gasteiger partial charge in [0.25, 0.3) is 0 Å². The summed E-state index contributed by atoms with van der Waals surface area (Å²) in [5.41, 5.74) is 3.00. The molecule has 20 heavy (non-hydrogen) atoms. The number of carbonyl (C=O) groups is 2. The number of hydrogen-bond acceptors (Lipinski definition) is 3. The molecule has 5 heteroatoms. The number of benzene rings is 2. The van der Waals surface area contributed by atoms with Crippen LogP contribution in [0.15, 0.2) is 48.5 Å². The highest BCUT2D eigenvalue weighted by Gasteiger charge is 2.13. The standard InChI is InChI=1S/C15H14N2O3/c1-10-6-2-3-7-11(10)16-12-8-4-5-9-13(12)17-14(18)15(19)20/h2-9,16H,1H3,(H,17,18)(H,19,20). The molecule has 2 aromatic rings. The van der Waals surface area contributed by atoms with Crippen molar-refractivity contribution in [2.24, 2.45) is 0 Å². The fraction of sp³-hybridized carbons (Fsp3) is 0.0667. The molecule has 1 amide bonds. The maximum atomic E-state index is 11.2. The lowest BCUT2D eigenvalue weighted by atomic mass is 10.2. The first-order valence-electron chi connectivity index (χ1n) is 6.04. The molecular weight excluding hydrogens is 256 g/mol. The molecule has 0 fully saturated rings. The van der Waals surface area contributed by atoms with Crippen LogP contribution in [0.2, 0.25) is 0 Å². The molecule has 0 aromatic heterocycles. The Kier molecular flexibility index (Phi) is 4.00. The van der Waals surface area contributed by atoms with Gasteiger partial charge in [-0.1, -0.05) is 30.3 Å². The molecule has 0 saturated carbocycles. The van der Waals surface area contributed by atoms with E-state index < -0.39 is 11.9 Å². The molecule has 0 aliphatic heterocycles. The third kappa shape index (κ3) is 3.14.